The average molecular weight is 380 g/mol. The lowest BCUT2D eigenvalue weighted by Gasteiger charge is -2.26. The van der Waals surface area contributed by atoms with E-state index in [4.69, 9.17) is 0 Å². The SMILES string of the molecule is CCc1c(C)sc2ncnc(-c3cccc(C(=O)N4CCNC(=O)C4)c3)c12. The molecule has 1 aliphatic heterocycles. The van der Waals surface area contributed by atoms with Crippen LogP contribution in [0.2, 0.25) is 0 Å². The number of nitrogens with zero attached hydrogens (tertiary/aromatic N) is 3. The van der Waals surface area contributed by atoms with E-state index in [1.54, 1.807) is 28.6 Å². The van der Waals surface area contributed by atoms with Crippen molar-refractivity contribution in [2.75, 3.05) is 19.6 Å². The van der Waals surface area contributed by atoms with Gasteiger partial charge in [0.2, 0.25) is 5.91 Å². The first-order chi connectivity index (χ1) is 13.1. The zero-order chi connectivity index (χ0) is 19.0. The van der Waals surface area contributed by atoms with Gasteiger partial charge in [0.1, 0.15) is 11.2 Å². The highest BCUT2D eigenvalue weighted by Crippen LogP contribution is 2.35. The van der Waals surface area contributed by atoms with Crippen LogP contribution in [0.15, 0.2) is 30.6 Å². The molecule has 2 amide bonds. The quantitative estimate of drug-likeness (QED) is 0.758. The number of rotatable bonds is 3. The molecule has 6 nitrogen and oxygen atoms in total. The lowest BCUT2D eigenvalue weighted by Crippen LogP contribution is -2.49. The molecule has 0 unspecified atom stereocenters. The summed E-state index contributed by atoms with van der Waals surface area (Å²) in [6.07, 6.45) is 2.49. The number of nitrogens with one attached hydrogen (secondary N) is 1. The van der Waals surface area contributed by atoms with Crippen LogP contribution in [0.5, 0.6) is 0 Å². The van der Waals surface area contributed by atoms with Gasteiger partial charge in [0, 0.05) is 34.5 Å². The van der Waals surface area contributed by atoms with E-state index in [1.165, 1.54) is 10.4 Å². The van der Waals surface area contributed by atoms with Crippen molar-refractivity contribution in [1.29, 1.82) is 0 Å². The fourth-order valence-electron chi connectivity index (χ4n) is 3.54. The van der Waals surface area contributed by atoms with Gasteiger partial charge in [-0.2, -0.15) is 0 Å². The van der Waals surface area contributed by atoms with E-state index in [0.29, 0.717) is 18.7 Å². The molecule has 138 valence electrons. The minimum absolute atomic E-state index is 0.102. The zero-order valence-electron chi connectivity index (χ0n) is 15.3. The number of carbonyl (C=O) groups excluding carboxylic acids is 2. The number of aromatic nitrogens is 2. The van der Waals surface area contributed by atoms with Crippen LogP contribution in [-0.2, 0) is 11.2 Å². The summed E-state index contributed by atoms with van der Waals surface area (Å²) in [6, 6.07) is 7.48. The summed E-state index contributed by atoms with van der Waals surface area (Å²) in [5.41, 5.74) is 3.57. The third-order valence-electron chi connectivity index (χ3n) is 4.85. The Kier molecular flexibility index (Phi) is 4.61. The predicted octanol–water partition coefficient (Wildman–Crippen LogP) is 2.80. The maximum Gasteiger partial charge on any atom is 0.254 e. The normalized spacial score (nSPS) is 14.4. The van der Waals surface area contributed by atoms with Gasteiger partial charge in [-0.05, 0) is 31.0 Å². The topological polar surface area (TPSA) is 75.2 Å². The summed E-state index contributed by atoms with van der Waals surface area (Å²) in [5, 5.41) is 3.82. The molecule has 0 spiro atoms. The number of piperazine rings is 1. The number of fused-ring (bicyclic) bond motifs is 1. The average Bonchev–Trinajstić information content (AvgIpc) is 3.02. The molecule has 3 aromatic rings. The van der Waals surface area contributed by atoms with Crippen LogP contribution < -0.4 is 5.32 Å². The minimum atomic E-state index is -0.130. The van der Waals surface area contributed by atoms with Crippen LogP contribution in [0.3, 0.4) is 0 Å². The number of carbonyl (C=O) groups is 2. The summed E-state index contributed by atoms with van der Waals surface area (Å²) >= 11 is 1.67. The lowest BCUT2D eigenvalue weighted by molar-refractivity contribution is -0.123. The van der Waals surface area contributed by atoms with Crippen molar-refractivity contribution in [3.05, 3.63) is 46.6 Å². The third-order valence-corrected chi connectivity index (χ3v) is 5.91. The molecule has 0 aliphatic carbocycles. The number of hydrogen-bond acceptors (Lipinski definition) is 5. The largest absolute Gasteiger partial charge is 0.353 e. The summed E-state index contributed by atoms with van der Waals surface area (Å²) in [5.74, 6) is -0.251. The summed E-state index contributed by atoms with van der Waals surface area (Å²) in [6.45, 7) is 5.36. The fraction of sp³-hybridized carbons (Fsp3) is 0.300. The van der Waals surface area contributed by atoms with Gasteiger partial charge in [-0.3, -0.25) is 9.59 Å². The van der Waals surface area contributed by atoms with E-state index in [9.17, 15) is 9.59 Å². The highest BCUT2D eigenvalue weighted by molar-refractivity contribution is 7.18. The molecule has 1 N–H and O–H groups in total. The van der Waals surface area contributed by atoms with E-state index in [1.807, 2.05) is 18.2 Å². The van der Waals surface area contributed by atoms with Crippen LogP contribution in [0.25, 0.3) is 21.5 Å². The standard InChI is InChI=1S/C20H20N4O2S/c1-3-15-12(2)27-19-17(15)18(22-11-23-19)13-5-4-6-14(9-13)20(26)24-8-7-21-16(25)10-24/h4-6,9,11H,3,7-8,10H2,1-2H3,(H,21,25). The molecule has 3 heterocycles. The molecule has 0 saturated carbocycles. The maximum atomic E-state index is 12.8. The Balaban J connectivity index is 1.76. The first-order valence-corrected chi connectivity index (χ1v) is 9.79. The van der Waals surface area contributed by atoms with Gasteiger partial charge < -0.3 is 10.2 Å². The van der Waals surface area contributed by atoms with Crippen molar-refractivity contribution < 1.29 is 9.59 Å². The Bertz CT molecular complexity index is 1040. The van der Waals surface area contributed by atoms with Crippen molar-refractivity contribution in [2.45, 2.75) is 20.3 Å². The van der Waals surface area contributed by atoms with Gasteiger partial charge in [0.25, 0.3) is 5.91 Å². The molecule has 4 rings (SSSR count). The zero-order valence-corrected chi connectivity index (χ0v) is 16.1. The van der Waals surface area contributed by atoms with Crippen LogP contribution in [0.4, 0.5) is 0 Å². The molecule has 1 aromatic carbocycles. The van der Waals surface area contributed by atoms with Crippen molar-refractivity contribution in [1.82, 2.24) is 20.2 Å². The second-order valence-corrected chi connectivity index (χ2v) is 7.75. The Hall–Kier alpha value is -2.80. The number of amides is 2. The second kappa shape index (κ2) is 7.08. The van der Waals surface area contributed by atoms with Gasteiger partial charge >= 0.3 is 0 Å². The van der Waals surface area contributed by atoms with Crippen LogP contribution in [0.1, 0.15) is 27.7 Å². The van der Waals surface area contributed by atoms with Gasteiger partial charge in [-0.25, -0.2) is 9.97 Å². The molecule has 1 fully saturated rings. The molecule has 27 heavy (non-hydrogen) atoms. The minimum Gasteiger partial charge on any atom is -0.353 e. The van der Waals surface area contributed by atoms with Crippen molar-refractivity contribution in [3.8, 4) is 11.3 Å². The van der Waals surface area contributed by atoms with Crippen LogP contribution in [0, 0.1) is 6.92 Å². The number of thiophene rings is 1. The summed E-state index contributed by atoms with van der Waals surface area (Å²) in [4.78, 5) is 37.2. The number of aryl methyl sites for hydroxylation is 2. The molecule has 1 aliphatic rings. The smallest absolute Gasteiger partial charge is 0.254 e. The second-order valence-electron chi connectivity index (χ2n) is 6.55. The Morgan fingerprint density at radius 3 is 2.96 bits per heavy atom. The monoisotopic (exact) mass is 380 g/mol. The first kappa shape index (κ1) is 17.6. The van der Waals surface area contributed by atoms with Gasteiger partial charge in [0.15, 0.2) is 0 Å². The van der Waals surface area contributed by atoms with Gasteiger partial charge in [-0.15, -0.1) is 11.3 Å². The first-order valence-electron chi connectivity index (χ1n) is 8.98. The molecule has 0 bridgehead atoms. The molecular weight excluding hydrogens is 360 g/mol. The Morgan fingerprint density at radius 2 is 2.19 bits per heavy atom. The van der Waals surface area contributed by atoms with E-state index in [0.717, 1.165) is 27.9 Å². The van der Waals surface area contributed by atoms with E-state index in [-0.39, 0.29) is 18.4 Å². The molecule has 0 radical (unpaired) electrons. The molecule has 7 heteroatoms. The predicted molar refractivity (Wildman–Crippen MR) is 106 cm³/mol. The van der Waals surface area contributed by atoms with Crippen molar-refractivity contribution in [2.24, 2.45) is 0 Å². The molecular formula is C20H20N4O2S. The van der Waals surface area contributed by atoms with Gasteiger partial charge in [0.05, 0.1) is 12.2 Å². The fourth-order valence-corrected chi connectivity index (χ4v) is 4.62. The van der Waals surface area contributed by atoms with Crippen LogP contribution in [-0.4, -0.2) is 46.3 Å². The molecule has 0 atom stereocenters. The molecule has 2 aromatic heterocycles. The van der Waals surface area contributed by atoms with Crippen LogP contribution >= 0.6 is 11.3 Å². The highest BCUT2D eigenvalue weighted by Gasteiger charge is 2.23. The van der Waals surface area contributed by atoms with Crippen molar-refractivity contribution in [3.63, 3.8) is 0 Å². The lowest BCUT2D eigenvalue weighted by atomic mass is 10.0. The van der Waals surface area contributed by atoms with Crippen molar-refractivity contribution >= 4 is 33.4 Å². The van der Waals surface area contributed by atoms with E-state index >= 15 is 0 Å². The van der Waals surface area contributed by atoms with E-state index < -0.39 is 0 Å². The number of hydrogen-bond donors (Lipinski definition) is 1. The van der Waals surface area contributed by atoms with Gasteiger partial charge in [-0.1, -0.05) is 19.1 Å². The Labute approximate surface area is 161 Å². The summed E-state index contributed by atoms with van der Waals surface area (Å²) in [7, 11) is 0. The Morgan fingerprint density at radius 1 is 1.33 bits per heavy atom. The van der Waals surface area contributed by atoms with E-state index in [2.05, 4.69) is 29.1 Å². The highest BCUT2D eigenvalue weighted by atomic mass is 32.1. The summed E-state index contributed by atoms with van der Waals surface area (Å²) < 4.78 is 0. The number of benzene rings is 1. The maximum absolute atomic E-state index is 12.8. The molecule has 1 saturated heterocycles. The third kappa shape index (κ3) is 3.19.